The number of halogens is 1. The molecule has 4 unspecified atom stereocenters. The summed E-state index contributed by atoms with van der Waals surface area (Å²) in [6.45, 7) is 3.06. The van der Waals surface area contributed by atoms with Crippen LogP contribution < -0.4 is 5.32 Å². The predicted octanol–water partition coefficient (Wildman–Crippen LogP) is 2.29. The number of nitrogens with zero attached hydrogens (tertiary/aromatic N) is 2. The van der Waals surface area contributed by atoms with Crippen LogP contribution in [0.1, 0.15) is 37.9 Å². The van der Waals surface area contributed by atoms with Gasteiger partial charge < -0.3 is 10.1 Å². The number of ether oxygens (including phenoxy) is 1. The van der Waals surface area contributed by atoms with E-state index in [1.165, 1.54) is 12.8 Å². The van der Waals surface area contributed by atoms with E-state index in [4.69, 9.17) is 16.3 Å². The third-order valence-electron chi connectivity index (χ3n) is 4.24. The molecule has 2 aliphatic rings. The molecule has 0 aromatic carbocycles. The van der Waals surface area contributed by atoms with Crippen LogP contribution in [0.3, 0.4) is 0 Å². The molecular formula is C13H20ClN3O. The van der Waals surface area contributed by atoms with Crippen LogP contribution in [0.15, 0.2) is 6.20 Å². The maximum Gasteiger partial charge on any atom is 0.0834 e. The van der Waals surface area contributed by atoms with Crippen molar-refractivity contribution in [1.82, 2.24) is 15.1 Å². The van der Waals surface area contributed by atoms with Crippen LogP contribution in [0.4, 0.5) is 0 Å². The van der Waals surface area contributed by atoms with Crippen molar-refractivity contribution in [3.05, 3.63) is 16.9 Å². The molecule has 0 spiro atoms. The second-order valence-corrected chi connectivity index (χ2v) is 5.72. The average Bonchev–Trinajstić information content (AvgIpc) is 3.04. The molecule has 0 saturated carbocycles. The van der Waals surface area contributed by atoms with Crippen molar-refractivity contribution < 1.29 is 4.74 Å². The summed E-state index contributed by atoms with van der Waals surface area (Å²) in [5, 5.41) is 8.58. The molecule has 0 aliphatic carbocycles. The minimum atomic E-state index is 0.255. The van der Waals surface area contributed by atoms with E-state index in [2.05, 4.69) is 17.3 Å². The number of hydrogen-bond acceptors (Lipinski definition) is 3. The summed E-state index contributed by atoms with van der Waals surface area (Å²) < 4.78 is 7.87. The van der Waals surface area contributed by atoms with Crippen molar-refractivity contribution in [3.63, 3.8) is 0 Å². The first kappa shape index (κ1) is 12.5. The summed E-state index contributed by atoms with van der Waals surface area (Å²) in [6, 6.07) is 0.255. The normalized spacial score (nSPS) is 32.1. The van der Waals surface area contributed by atoms with E-state index in [-0.39, 0.29) is 6.04 Å². The minimum absolute atomic E-state index is 0.255. The maximum atomic E-state index is 6.29. The van der Waals surface area contributed by atoms with Crippen molar-refractivity contribution in [2.45, 2.75) is 44.4 Å². The summed E-state index contributed by atoms with van der Waals surface area (Å²) in [5.74, 6) is 0.525. The van der Waals surface area contributed by atoms with Crippen molar-refractivity contribution in [1.29, 1.82) is 0 Å². The van der Waals surface area contributed by atoms with Gasteiger partial charge in [-0.2, -0.15) is 5.10 Å². The Morgan fingerprint density at radius 2 is 2.44 bits per heavy atom. The Hall–Kier alpha value is -0.580. The lowest BCUT2D eigenvalue weighted by Crippen LogP contribution is -2.35. The SMILES string of the molecule is CCNC(c1c(Cl)cnn1C)C1CC2CCC1O2. The lowest BCUT2D eigenvalue weighted by Gasteiger charge is -2.29. The second-order valence-electron chi connectivity index (χ2n) is 5.31. The largest absolute Gasteiger partial charge is 0.375 e. The molecule has 1 N–H and O–H groups in total. The van der Waals surface area contributed by atoms with Gasteiger partial charge in [0.1, 0.15) is 0 Å². The van der Waals surface area contributed by atoms with Crippen LogP contribution in [-0.4, -0.2) is 28.5 Å². The number of hydrogen-bond donors (Lipinski definition) is 1. The van der Waals surface area contributed by atoms with E-state index in [0.29, 0.717) is 18.1 Å². The van der Waals surface area contributed by atoms with E-state index in [9.17, 15) is 0 Å². The lowest BCUT2D eigenvalue weighted by molar-refractivity contribution is 0.0852. The summed E-state index contributed by atoms with van der Waals surface area (Å²) in [4.78, 5) is 0. The van der Waals surface area contributed by atoms with Gasteiger partial charge in [0.05, 0.1) is 35.2 Å². The van der Waals surface area contributed by atoms with Gasteiger partial charge in [-0.25, -0.2) is 0 Å². The molecule has 2 bridgehead atoms. The Morgan fingerprint density at radius 3 is 2.94 bits per heavy atom. The van der Waals surface area contributed by atoms with Gasteiger partial charge in [-0.05, 0) is 25.8 Å². The molecule has 2 saturated heterocycles. The third-order valence-corrected chi connectivity index (χ3v) is 4.53. The van der Waals surface area contributed by atoms with Crippen LogP contribution in [-0.2, 0) is 11.8 Å². The maximum absolute atomic E-state index is 6.29. The fourth-order valence-electron chi connectivity index (χ4n) is 3.47. The molecular weight excluding hydrogens is 250 g/mol. The zero-order valence-corrected chi connectivity index (χ0v) is 11.7. The Morgan fingerprint density at radius 1 is 1.61 bits per heavy atom. The first-order valence-corrected chi connectivity index (χ1v) is 7.14. The van der Waals surface area contributed by atoms with Crippen molar-refractivity contribution >= 4 is 11.6 Å². The smallest absolute Gasteiger partial charge is 0.0834 e. The van der Waals surface area contributed by atoms with Gasteiger partial charge >= 0.3 is 0 Å². The molecule has 100 valence electrons. The van der Waals surface area contributed by atoms with Crippen molar-refractivity contribution in [2.24, 2.45) is 13.0 Å². The molecule has 1 aromatic rings. The van der Waals surface area contributed by atoms with Crippen LogP contribution in [0, 0.1) is 5.92 Å². The molecule has 18 heavy (non-hydrogen) atoms. The summed E-state index contributed by atoms with van der Waals surface area (Å²) >= 11 is 6.29. The van der Waals surface area contributed by atoms with Crippen molar-refractivity contribution in [3.8, 4) is 0 Å². The monoisotopic (exact) mass is 269 g/mol. The molecule has 4 atom stereocenters. The van der Waals surface area contributed by atoms with Crippen LogP contribution in [0.5, 0.6) is 0 Å². The van der Waals surface area contributed by atoms with E-state index < -0.39 is 0 Å². The predicted molar refractivity (Wildman–Crippen MR) is 70.6 cm³/mol. The summed E-state index contributed by atoms with van der Waals surface area (Å²) in [7, 11) is 1.96. The van der Waals surface area contributed by atoms with Crippen LogP contribution in [0.25, 0.3) is 0 Å². The number of aromatic nitrogens is 2. The third kappa shape index (κ3) is 1.96. The number of aryl methyl sites for hydroxylation is 1. The highest BCUT2D eigenvalue weighted by Crippen LogP contribution is 2.45. The van der Waals surface area contributed by atoms with Crippen molar-refractivity contribution in [2.75, 3.05) is 6.54 Å². The Labute approximate surface area is 113 Å². The van der Waals surface area contributed by atoms with Gasteiger partial charge in [0.15, 0.2) is 0 Å². The van der Waals surface area contributed by atoms with Gasteiger partial charge in [0.25, 0.3) is 0 Å². The second kappa shape index (κ2) is 4.83. The molecule has 3 rings (SSSR count). The molecule has 4 nitrogen and oxygen atoms in total. The van der Waals surface area contributed by atoms with E-state index in [1.807, 2.05) is 11.7 Å². The zero-order valence-electron chi connectivity index (χ0n) is 10.9. The fraction of sp³-hybridized carbons (Fsp3) is 0.769. The van der Waals surface area contributed by atoms with Gasteiger partial charge in [0.2, 0.25) is 0 Å². The van der Waals surface area contributed by atoms with E-state index >= 15 is 0 Å². The molecule has 5 heteroatoms. The summed E-state index contributed by atoms with van der Waals surface area (Å²) in [5.41, 5.74) is 1.10. The highest BCUT2D eigenvalue weighted by molar-refractivity contribution is 6.31. The molecule has 1 aromatic heterocycles. The number of fused-ring (bicyclic) bond motifs is 2. The van der Waals surface area contributed by atoms with Crippen LogP contribution >= 0.6 is 11.6 Å². The van der Waals surface area contributed by atoms with Gasteiger partial charge in [-0.1, -0.05) is 18.5 Å². The Balaban J connectivity index is 1.88. The fourth-order valence-corrected chi connectivity index (χ4v) is 3.75. The highest BCUT2D eigenvalue weighted by Gasteiger charge is 2.45. The average molecular weight is 270 g/mol. The minimum Gasteiger partial charge on any atom is -0.375 e. The van der Waals surface area contributed by atoms with Gasteiger partial charge in [0, 0.05) is 13.0 Å². The summed E-state index contributed by atoms with van der Waals surface area (Å²) in [6.07, 6.45) is 6.14. The first-order valence-electron chi connectivity index (χ1n) is 6.77. The van der Waals surface area contributed by atoms with Gasteiger partial charge in [-0.3, -0.25) is 4.68 Å². The Kier molecular flexibility index (Phi) is 3.34. The van der Waals surface area contributed by atoms with E-state index in [1.54, 1.807) is 6.20 Å². The lowest BCUT2D eigenvalue weighted by atomic mass is 9.82. The standard InChI is InChI=1S/C13H20ClN3O/c1-3-15-12(13-10(14)7-16-17(13)2)9-6-8-4-5-11(9)18-8/h7-9,11-12,15H,3-6H2,1-2H3. The first-order chi connectivity index (χ1) is 8.70. The molecule has 3 heterocycles. The van der Waals surface area contributed by atoms with Crippen LogP contribution in [0.2, 0.25) is 5.02 Å². The molecule has 2 aliphatic heterocycles. The number of nitrogens with one attached hydrogen (secondary N) is 1. The number of rotatable bonds is 4. The zero-order chi connectivity index (χ0) is 12.7. The van der Waals surface area contributed by atoms with E-state index in [0.717, 1.165) is 23.7 Å². The molecule has 0 radical (unpaired) electrons. The highest BCUT2D eigenvalue weighted by atomic mass is 35.5. The quantitative estimate of drug-likeness (QED) is 0.912. The van der Waals surface area contributed by atoms with Gasteiger partial charge in [-0.15, -0.1) is 0 Å². The topological polar surface area (TPSA) is 39.1 Å². The molecule has 0 amide bonds. The molecule has 2 fully saturated rings. The Bertz CT molecular complexity index is 414.